The van der Waals surface area contributed by atoms with Gasteiger partial charge in [-0.15, -0.1) is 0 Å². The Balaban J connectivity index is 1.75. The molecule has 136 valence electrons. The van der Waals surface area contributed by atoms with Gasteiger partial charge in [0, 0.05) is 24.1 Å². The molecule has 0 bridgehead atoms. The molecule has 2 amide bonds. The third-order valence-corrected chi connectivity index (χ3v) is 5.36. The third kappa shape index (κ3) is 3.95. The van der Waals surface area contributed by atoms with Crippen LogP contribution in [0.1, 0.15) is 44.0 Å². The molecule has 25 heavy (non-hydrogen) atoms. The fourth-order valence-corrected chi connectivity index (χ4v) is 3.72. The van der Waals surface area contributed by atoms with E-state index >= 15 is 0 Å². The minimum Gasteiger partial charge on any atom is -0.444 e. The van der Waals surface area contributed by atoms with Crippen LogP contribution in [0, 0.1) is 0 Å². The topological polar surface area (TPSA) is 49.9 Å². The Morgan fingerprint density at radius 3 is 2.52 bits per heavy atom. The number of hydrogen-bond acceptors (Lipinski definition) is 3. The van der Waals surface area contributed by atoms with Crippen LogP contribution >= 0.6 is 27.5 Å². The van der Waals surface area contributed by atoms with E-state index in [1.807, 2.05) is 31.7 Å². The van der Waals surface area contributed by atoms with Gasteiger partial charge in [0.05, 0.1) is 16.1 Å². The van der Waals surface area contributed by atoms with Crippen molar-refractivity contribution in [2.24, 2.45) is 0 Å². The Hall–Kier alpha value is -1.27. The quantitative estimate of drug-likeness (QED) is 0.668. The molecular weight excluding hydrogens is 408 g/mol. The van der Waals surface area contributed by atoms with Crippen molar-refractivity contribution in [1.29, 1.82) is 0 Å². The normalized spacial score (nSPS) is 19.1. The number of carbonyl (C=O) groups is 2. The van der Waals surface area contributed by atoms with E-state index in [4.69, 9.17) is 16.3 Å². The van der Waals surface area contributed by atoms with E-state index in [0.717, 1.165) is 17.3 Å². The van der Waals surface area contributed by atoms with Gasteiger partial charge in [-0.25, -0.2) is 4.79 Å². The summed E-state index contributed by atoms with van der Waals surface area (Å²) >= 11 is 9.61. The summed E-state index contributed by atoms with van der Waals surface area (Å²) in [6.07, 6.45) is 1.47. The predicted molar refractivity (Wildman–Crippen MR) is 100.0 cm³/mol. The number of halogens is 2. The van der Waals surface area contributed by atoms with E-state index in [1.54, 1.807) is 17.0 Å². The molecule has 3 rings (SSSR count). The van der Waals surface area contributed by atoms with Crippen molar-refractivity contribution >= 4 is 39.5 Å². The smallest absolute Gasteiger partial charge is 0.410 e. The van der Waals surface area contributed by atoms with Gasteiger partial charge in [0.25, 0.3) is 5.91 Å². The summed E-state index contributed by atoms with van der Waals surface area (Å²) < 4.78 is 6.29. The SMILES string of the molecule is CC(C)(C)OC(=O)N1CCN(C(=O)c2cc(Br)ccc2Cl)C2(CC2)C1. The Labute approximate surface area is 161 Å². The number of rotatable bonds is 1. The first-order valence-electron chi connectivity index (χ1n) is 8.36. The molecule has 0 N–H and O–H groups in total. The molecule has 0 unspecified atom stereocenters. The summed E-state index contributed by atoms with van der Waals surface area (Å²) in [4.78, 5) is 29.0. The molecule has 0 atom stereocenters. The summed E-state index contributed by atoms with van der Waals surface area (Å²) in [6, 6.07) is 5.28. The zero-order chi connectivity index (χ0) is 18.4. The summed E-state index contributed by atoms with van der Waals surface area (Å²) in [5.41, 5.74) is -0.310. The molecule has 1 aromatic rings. The molecule has 1 aliphatic carbocycles. The Bertz CT molecular complexity index is 713. The average molecular weight is 430 g/mol. The van der Waals surface area contributed by atoms with Crippen LogP contribution in [0.2, 0.25) is 5.02 Å². The molecule has 1 saturated carbocycles. The van der Waals surface area contributed by atoms with Crippen molar-refractivity contribution in [1.82, 2.24) is 9.80 Å². The van der Waals surface area contributed by atoms with E-state index < -0.39 is 5.60 Å². The van der Waals surface area contributed by atoms with Crippen molar-refractivity contribution < 1.29 is 14.3 Å². The highest BCUT2D eigenvalue weighted by Crippen LogP contribution is 2.45. The lowest BCUT2D eigenvalue weighted by molar-refractivity contribution is 0.000636. The number of benzene rings is 1. The number of piperazine rings is 1. The summed E-state index contributed by atoms with van der Waals surface area (Å²) in [7, 11) is 0. The fourth-order valence-electron chi connectivity index (χ4n) is 3.16. The number of carbonyl (C=O) groups excluding carboxylic acids is 2. The second kappa shape index (κ2) is 6.47. The first kappa shape index (κ1) is 18.5. The molecule has 0 radical (unpaired) electrons. The molecule has 2 aliphatic rings. The van der Waals surface area contributed by atoms with E-state index in [-0.39, 0.29) is 17.5 Å². The zero-order valence-electron chi connectivity index (χ0n) is 14.6. The van der Waals surface area contributed by atoms with Crippen LogP contribution in [0.4, 0.5) is 4.79 Å². The highest BCUT2D eigenvalue weighted by Gasteiger charge is 2.54. The van der Waals surface area contributed by atoms with E-state index in [0.29, 0.717) is 30.2 Å². The lowest BCUT2D eigenvalue weighted by atomic mass is 10.1. The van der Waals surface area contributed by atoms with Crippen molar-refractivity contribution in [2.75, 3.05) is 19.6 Å². The first-order chi connectivity index (χ1) is 11.6. The molecule has 7 heteroatoms. The Kier molecular flexibility index (Phi) is 4.79. The maximum absolute atomic E-state index is 13.0. The van der Waals surface area contributed by atoms with Crippen LogP contribution in [0.5, 0.6) is 0 Å². The minimum atomic E-state index is -0.523. The maximum atomic E-state index is 13.0. The van der Waals surface area contributed by atoms with Gasteiger partial charge in [0.15, 0.2) is 0 Å². The Morgan fingerprint density at radius 2 is 1.92 bits per heavy atom. The molecule has 5 nitrogen and oxygen atoms in total. The van der Waals surface area contributed by atoms with Gasteiger partial charge >= 0.3 is 6.09 Å². The van der Waals surface area contributed by atoms with Gasteiger partial charge in [-0.1, -0.05) is 27.5 Å². The summed E-state index contributed by atoms with van der Waals surface area (Å²) in [5, 5.41) is 0.443. The summed E-state index contributed by atoms with van der Waals surface area (Å²) in [6.45, 7) is 7.03. The number of ether oxygens (including phenoxy) is 1. The lowest BCUT2D eigenvalue weighted by Gasteiger charge is -2.42. The highest BCUT2D eigenvalue weighted by atomic mass is 79.9. The minimum absolute atomic E-state index is 0.0763. The number of nitrogens with zero attached hydrogens (tertiary/aromatic N) is 2. The maximum Gasteiger partial charge on any atom is 0.410 e. The summed E-state index contributed by atoms with van der Waals surface area (Å²) in [5.74, 6) is -0.0763. The second-order valence-electron chi connectivity index (χ2n) is 7.71. The van der Waals surface area contributed by atoms with Gasteiger partial charge in [-0.3, -0.25) is 4.79 Å². The molecule has 2 fully saturated rings. The second-order valence-corrected chi connectivity index (χ2v) is 9.03. The van der Waals surface area contributed by atoms with Crippen molar-refractivity contribution in [3.05, 3.63) is 33.3 Å². The van der Waals surface area contributed by atoms with Crippen LogP contribution in [0.3, 0.4) is 0 Å². The van der Waals surface area contributed by atoms with E-state index in [2.05, 4.69) is 15.9 Å². The van der Waals surface area contributed by atoms with Crippen LogP contribution in [-0.4, -0.2) is 52.6 Å². The average Bonchev–Trinajstić information content (AvgIpc) is 3.27. The molecule has 0 aromatic heterocycles. The highest BCUT2D eigenvalue weighted by molar-refractivity contribution is 9.10. The van der Waals surface area contributed by atoms with Crippen LogP contribution < -0.4 is 0 Å². The third-order valence-electron chi connectivity index (χ3n) is 4.53. The molecule has 1 spiro atoms. The monoisotopic (exact) mass is 428 g/mol. The van der Waals surface area contributed by atoms with Gasteiger partial charge in [-0.05, 0) is 51.8 Å². The number of amides is 2. The van der Waals surface area contributed by atoms with Gasteiger partial charge in [0.1, 0.15) is 5.60 Å². The van der Waals surface area contributed by atoms with E-state index in [9.17, 15) is 9.59 Å². The molecule has 1 heterocycles. The van der Waals surface area contributed by atoms with Crippen LogP contribution in [0.25, 0.3) is 0 Å². The van der Waals surface area contributed by atoms with Crippen molar-refractivity contribution in [3.8, 4) is 0 Å². The fraction of sp³-hybridized carbons (Fsp3) is 0.556. The van der Waals surface area contributed by atoms with E-state index in [1.165, 1.54) is 0 Å². The van der Waals surface area contributed by atoms with Gasteiger partial charge in [-0.2, -0.15) is 0 Å². The van der Waals surface area contributed by atoms with Gasteiger partial charge in [0.2, 0.25) is 0 Å². The Morgan fingerprint density at radius 1 is 1.24 bits per heavy atom. The number of hydrogen-bond donors (Lipinski definition) is 0. The van der Waals surface area contributed by atoms with Gasteiger partial charge < -0.3 is 14.5 Å². The standard InChI is InChI=1S/C18H22BrClN2O3/c1-17(2,3)25-16(24)21-8-9-22(18(11-21)6-7-18)15(23)13-10-12(19)4-5-14(13)20/h4-5,10H,6-9,11H2,1-3H3. The molecule has 1 aromatic carbocycles. The van der Waals surface area contributed by atoms with Crippen LogP contribution in [-0.2, 0) is 4.74 Å². The molecule has 1 saturated heterocycles. The lowest BCUT2D eigenvalue weighted by Crippen LogP contribution is -2.58. The van der Waals surface area contributed by atoms with Crippen molar-refractivity contribution in [2.45, 2.75) is 44.8 Å². The molecule has 1 aliphatic heterocycles. The predicted octanol–water partition coefficient (Wildman–Crippen LogP) is 4.33. The van der Waals surface area contributed by atoms with Crippen LogP contribution in [0.15, 0.2) is 22.7 Å². The molecular formula is C18H22BrClN2O3. The first-order valence-corrected chi connectivity index (χ1v) is 9.53. The van der Waals surface area contributed by atoms with Crippen molar-refractivity contribution in [3.63, 3.8) is 0 Å². The zero-order valence-corrected chi connectivity index (χ0v) is 17.0. The largest absolute Gasteiger partial charge is 0.444 e.